The number of carbonyl (C=O) groups excluding carboxylic acids is 1. The van der Waals surface area contributed by atoms with Crippen LogP contribution in [-0.4, -0.2) is 41.1 Å². The van der Waals surface area contributed by atoms with Crippen LogP contribution in [0.3, 0.4) is 0 Å². The van der Waals surface area contributed by atoms with Crippen LogP contribution in [0.5, 0.6) is 0 Å². The molecular formula is C24H28ClFN2O2. The van der Waals surface area contributed by atoms with Gasteiger partial charge in [-0.05, 0) is 54.2 Å². The van der Waals surface area contributed by atoms with Crippen LogP contribution in [0.2, 0.25) is 5.02 Å². The Hall–Kier alpha value is -1.95. The van der Waals surface area contributed by atoms with E-state index in [9.17, 15) is 14.3 Å². The number of amides is 1. The van der Waals surface area contributed by atoms with Crippen molar-refractivity contribution < 1.29 is 14.3 Å². The first-order chi connectivity index (χ1) is 14.5. The maximum atomic E-state index is 14.1. The fraction of sp³-hybridized carbons (Fsp3) is 0.458. The maximum absolute atomic E-state index is 14.1. The highest BCUT2D eigenvalue weighted by atomic mass is 35.5. The monoisotopic (exact) mass is 430 g/mol. The molecule has 0 saturated heterocycles. The van der Waals surface area contributed by atoms with Crippen LogP contribution in [0.25, 0.3) is 0 Å². The normalized spacial score (nSPS) is 20.6. The molecule has 2 aromatic carbocycles. The number of halogens is 2. The van der Waals surface area contributed by atoms with Crippen LogP contribution >= 0.6 is 11.6 Å². The van der Waals surface area contributed by atoms with Gasteiger partial charge in [-0.2, -0.15) is 0 Å². The van der Waals surface area contributed by atoms with E-state index in [0.29, 0.717) is 24.5 Å². The van der Waals surface area contributed by atoms with Crippen LogP contribution in [0.15, 0.2) is 42.5 Å². The Morgan fingerprint density at radius 1 is 1.17 bits per heavy atom. The molecule has 1 unspecified atom stereocenters. The maximum Gasteiger partial charge on any atom is 0.237 e. The van der Waals surface area contributed by atoms with E-state index in [4.69, 9.17) is 11.6 Å². The Morgan fingerprint density at radius 3 is 2.70 bits per heavy atom. The van der Waals surface area contributed by atoms with E-state index in [0.717, 1.165) is 48.8 Å². The third-order valence-electron chi connectivity index (χ3n) is 6.37. The lowest BCUT2D eigenvalue weighted by Gasteiger charge is -2.38. The smallest absolute Gasteiger partial charge is 0.237 e. The lowest BCUT2D eigenvalue weighted by molar-refractivity contribution is -0.132. The van der Waals surface area contributed by atoms with Gasteiger partial charge in [0.2, 0.25) is 5.91 Å². The van der Waals surface area contributed by atoms with Gasteiger partial charge in [0.25, 0.3) is 0 Å². The highest BCUT2D eigenvalue weighted by Gasteiger charge is 2.34. The molecule has 0 aromatic heterocycles. The molecule has 1 amide bonds. The highest BCUT2D eigenvalue weighted by Crippen LogP contribution is 2.38. The van der Waals surface area contributed by atoms with Crippen molar-refractivity contribution in [2.45, 2.75) is 50.2 Å². The zero-order valence-corrected chi connectivity index (χ0v) is 17.8. The van der Waals surface area contributed by atoms with Gasteiger partial charge in [-0.1, -0.05) is 55.1 Å². The zero-order chi connectivity index (χ0) is 21.1. The summed E-state index contributed by atoms with van der Waals surface area (Å²) in [5, 5.41) is 14.4. The van der Waals surface area contributed by atoms with Crippen molar-refractivity contribution in [3.63, 3.8) is 0 Å². The largest absolute Gasteiger partial charge is 0.389 e. The van der Waals surface area contributed by atoms with Gasteiger partial charge >= 0.3 is 0 Å². The van der Waals surface area contributed by atoms with Crippen molar-refractivity contribution in [2.24, 2.45) is 0 Å². The first kappa shape index (κ1) is 21.3. The van der Waals surface area contributed by atoms with Crippen molar-refractivity contribution in [2.75, 3.05) is 19.6 Å². The molecule has 2 N–H and O–H groups in total. The van der Waals surface area contributed by atoms with Crippen LogP contribution in [0.1, 0.15) is 54.8 Å². The van der Waals surface area contributed by atoms with E-state index in [1.807, 2.05) is 18.2 Å². The van der Waals surface area contributed by atoms with Crippen molar-refractivity contribution in [3.8, 4) is 0 Å². The predicted molar refractivity (Wildman–Crippen MR) is 116 cm³/mol. The van der Waals surface area contributed by atoms with E-state index in [-0.39, 0.29) is 18.3 Å². The Bertz CT molecular complexity index is 914. The molecule has 1 aliphatic carbocycles. The van der Waals surface area contributed by atoms with E-state index in [2.05, 4.69) is 5.32 Å². The number of nitrogens with one attached hydrogen (secondary N) is 1. The van der Waals surface area contributed by atoms with E-state index in [1.165, 1.54) is 12.1 Å². The van der Waals surface area contributed by atoms with E-state index < -0.39 is 11.6 Å². The number of hydrogen-bond donors (Lipinski definition) is 2. The van der Waals surface area contributed by atoms with Crippen LogP contribution < -0.4 is 5.32 Å². The average molecular weight is 431 g/mol. The molecule has 1 heterocycles. The topological polar surface area (TPSA) is 52.6 Å². The molecule has 4 nitrogen and oxygen atoms in total. The molecule has 4 rings (SSSR count). The van der Waals surface area contributed by atoms with Gasteiger partial charge in [0.05, 0.1) is 18.2 Å². The van der Waals surface area contributed by atoms with Gasteiger partial charge in [-0.3, -0.25) is 4.79 Å². The molecule has 2 aliphatic rings. The second-order valence-corrected chi connectivity index (χ2v) is 8.90. The van der Waals surface area contributed by atoms with Crippen LogP contribution in [0, 0.1) is 5.82 Å². The molecular weight excluding hydrogens is 403 g/mol. The quantitative estimate of drug-likeness (QED) is 0.746. The number of hydrogen-bond acceptors (Lipinski definition) is 3. The third kappa shape index (κ3) is 4.53. The minimum atomic E-state index is -0.724. The molecule has 0 radical (unpaired) electrons. The second kappa shape index (κ2) is 9.04. The van der Waals surface area contributed by atoms with Gasteiger partial charge in [0.15, 0.2) is 0 Å². The van der Waals surface area contributed by atoms with Crippen molar-refractivity contribution >= 4 is 17.5 Å². The summed E-state index contributed by atoms with van der Waals surface area (Å²) >= 11 is 6.48. The Balaban J connectivity index is 1.55. The predicted octanol–water partition coefficient (Wildman–Crippen LogP) is 4.24. The summed E-state index contributed by atoms with van der Waals surface area (Å²) < 4.78 is 14.1. The molecule has 1 aliphatic heterocycles. The first-order valence-electron chi connectivity index (χ1n) is 10.7. The lowest BCUT2D eigenvalue weighted by atomic mass is 9.85. The second-order valence-electron chi connectivity index (χ2n) is 8.49. The summed E-state index contributed by atoms with van der Waals surface area (Å²) in [6.07, 6.45) is 5.42. The van der Waals surface area contributed by atoms with Crippen molar-refractivity contribution in [3.05, 3.63) is 70.0 Å². The lowest BCUT2D eigenvalue weighted by Crippen LogP contribution is -2.48. The van der Waals surface area contributed by atoms with Crippen LogP contribution in [-0.2, 0) is 11.2 Å². The number of carbonyl (C=O) groups is 1. The number of rotatable bonds is 5. The summed E-state index contributed by atoms with van der Waals surface area (Å²) in [5.41, 5.74) is 1.90. The molecule has 2 aromatic rings. The molecule has 1 saturated carbocycles. The van der Waals surface area contributed by atoms with Gasteiger partial charge in [0.1, 0.15) is 5.82 Å². The summed E-state index contributed by atoms with van der Waals surface area (Å²) in [7, 11) is 0. The Morgan fingerprint density at radius 2 is 1.93 bits per heavy atom. The number of benzene rings is 2. The van der Waals surface area contributed by atoms with Crippen LogP contribution in [0.4, 0.5) is 4.39 Å². The van der Waals surface area contributed by atoms with Crippen molar-refractivity contribution in [1.82, 2.24) is 10.2 Å². The minimum absolute atomic E-state index is 0.0748. The average Bonchev–Trinajstić information content (AvgIpc) is 2.74. The SMILES string of the molecule is O=C(CNCC1(O)CCCCC1)N1CCc2ccc(F)cc2C1c1ccccc1Cl. The molecule has 1 atom stereocenters. The fourth-order valence-corrected chi connectivity index (χ4v) is 5.02. The van der Waals surface area contributed by atoms with E-state index >= 15 is 0 Å². The van der Waals surface area contributed by atoms with Gasteiger partial charge < -0.3 is 15.3 Å². The fourth-order valence-electron chi connectivity index (χ4n) is 4.78. The third-order valence-corrected chi connectivity index (χ3v) is 6.72. The van der Waals surface area contributed by atoms with Crippen molar-refractivity contribution in [1.29, 1.82) is 0 Å². The van der Waals surface area contributed by atoms with Gasteiger partial charge in [-0.15, -0.1) is 0 Å². The summed E-state index contributed by atoms with van der Waals surface area (Å²) in [5.74, 6) is -0.396. The molecule has 0 spiro atoms. The molecule has 30 heavy (non-hydrogen) atoms. The Kier molecular flexibility index (Phi) is 6.42. The zero-order valence-electron chi connectivity index (χ0n) is 17.0. The summed E-state index contributed by atoms with van der Waals surface area (Å²) in [6.45, 7) is 1.09. The Labute approximate surface area is 182 Å². The highest BCUT2D eigenvalue weighted by molar-refractivity contribution is 6.31. The minimum Gasteiger partial charge on any atom is -0.389 e. The summed E-state index contributed by atoms with van der Waals surface area (Å²) in [6, 6.07) is 11.8. The molecule has 1 fully saturated rings. The van der Waals surface area contributed by atoms with E-state index in [1.54, 1.807) is 17.0 Å². The van der Waals surface area contributed by atoms with Gasteiger partial charge in [0, 0.05) is 18.1 Å². The number of nitrogens with zero attached hydrogens (tertiary/aromatic N) is 1. The number of aliphatic hydroxyl groups is 1. The summed E-state index contributed by atoms with van der Waals surface area (Å²) in [4.78, 5) is 15.0. The molecule has 0 bridgehead atoms. The standard InChI is InChI=1S/C24H28ClFN2O2/c25-21-7-3-2-6-19(21)23-20-14-18(26)9-8-17(20)10-13-28(23)22(29)15-27-16-24(30)11-4-1-5-12-24/h2-3,6-9,14,23,27,30H,1,4-5,10-13,15-16H2. The molecule has 160 valence electrons. The number of fused-ring (bicyclic) bond motifs is 1. The molecule has 6 heteroatoms. The van der Waals surface area contributed by atoms with Gasteiger partial charge in [-0.25, -0.2) is 4.39 Å². The first-order valence-corrected chi connectivity index (χ1v) is 11.1.